The molecule has 3 heteroatoms. The number of hydrogen-bond acceptors (Lipinski definition) is 1. The van der Waals surface area contributed by atoms with Crippen LogP contribution >= 0.6 is 0 Å². The van der Waals surface area contributed by atoms with Crippen molar-refractivity contribution in [1.82, 2.24) is 0 Å². The van der Waals surface area contributed by atoms with Crippen molar-refractivity contribution in [1.29, 1.82) is 0 Å². The van der Waals surface area contributed by atoms with Gasteiger partial charge in [-0.25, -0.2) is 8.78 Å². The van der Waals surface area contributed by atoms with E-state index in [4.69, 9.17) is 5.73 Å². The van der Waals surface area contributed by atoms with Crippen molar-refractivity contribution in [3.05, 3.63) is 35.4 Å². The van der Waals surface area contributed by atoms with Gasteiger partial charge in [0.2, 0.25) is 0 Å². The van der Waals surface area contributed by atoms with Gasteiger partial charge in [0, 0.05) is 6.04 Å². The minimum absolute atomic E-state index is 0.0494. The van der Waals surface area contributed by atoms with Gasteiger partial charge in [-0.2, -0.15) is 0 Å². The summed E-state index contributed by atoms with van der Waals surface area (Å²) in [6.07, 6.45) is 6.38. The zero-order chi connectivity index (χ0) is 12.3. The number of halogens is 2. The van der Waals surface area contributed by atoms with Gasteiger partial charge in [0.15, 0.2) is 11.6 Å². The van der Waals surface area contributed by atoms with Gasteiger partial charge in [0.1, 0.15) is 0 Å². The first kappa shape index (κ1) is 12.5. The number of hydrogen-bond donors (Lipinski definition) is 1. The van der Waals surface area contributed by atoms with Crippen LogP contribution in [0.2, 0.25) is 0 Å². The van der Waals surface area contributed by atoms with Crippen molar-refractivity contribution in [2.45, 2.75) is 44.6 Å². The lowest BCUT2D eigenvalue weighted by molar-refractivity contribution is 0.301. The summed E-state index contributed by atoms with van der Waals surface area (Å²) in [6.45, 7) is 0. The lowest BCUT2D eigenvalue weighted by atomic mass is 9.82. The van der Waals surface area contributed by atoms with E-state index in [-0.39, 0.29) is 6.04 Å². The van der Waals surface area contributed by atoms with E-state index in [2.05, 4.69) is 0 Å². The highest BCUT2D eigenvalue weighted by molar-refractivity contribution is 5.20. The summed E-state index contributed by atoms with van der Waals surface area (Å²) in [6, 6.07) is 4.26. The van der Waals surface area contributed by atoms with Gasteiger partial charge in [-0.05, 0) is 36.8 Å². The Morgan fingerprint density at radius 2 is 1.88 bits per heavy atom. The van der Waals surface area contributed by atoms with Gasteiger partial charge in [0.25, 0.3) is 0 Å². The largest absolute Gasteiger partial charge is 0.327 e. The predicted octanol–water partition coefficient (Wildman–Crippen LogP) is 3.41. The molecule has 0 aliphatic heterocycles. The molecule has 17 heavy (non-hydrogen) atoms. The van der Waals surface area contributed by atoms with Gasteiger partial charge in [0.05, 0.1) is 0 Å². The van der Waals surface area contributed by atoms with E-state index in [0.29, 0.717) is 17.9 Å². The van der Waals surface area contributed by atoms with Gasteiger partial charge in [-0.15, -0.1) is 0 Å². The van der Waals surface area contributed by atoms with E-state index in [1.165, 1.54) is 19.3 Å². The van der Waals surface area contributed by atoms with Crippen LogP contribution in [0.25, 0.3) is 0 Å². The molecule has 2 rings (SSSR count). The summed E-state index contributed by atoms with van der Waals surface area (Å²) in [7, 11) is 0. The van der Waals surface area contributed by atoms with E-state index in [1.807, 2.05) is 0 Å². The van der Waals surface area contributed by atoms with Crippen LogP contribution in [0.1, 0.15) is 37.7 Å². The fraction of sp³-hybridized carbons (Fsp3) is 0.571. The monoisotopic (exact) mass is 239 g/mol. The van der Waals surface area contributed by atoms with Crippen LogP contribution in [-0.4, -0.2) is 6.04 Å². The molecule has 0 aromatic heterocycles. The second-order valence-corrected chi connectivity index (χ2v) is 4.98. The standard InChI is InChI=1S/C14H19F2N/c15-12-8-4-7-11(14(12)16)9-13(17)10-5-2-1-3-6-10/h4,7-8,10,13H,1-3,5-6,9,17H2. The Kier molecular flexibility index (Phi) is 4.11. The SMILES string of the molecule is NC(Cc1cccc(F)c1F)C1CCCCC1. The lowest BCUT2D eigenvalue weighted by Crippen LogP contribution is -2.33. The molecule has 0 spiro atoms. The Labute approximate surface area is 101 Å². The zero-order valence-corrected chi connectivity index (χ0v) is 9.96. The normalized spacial score (nSPS) is 19.2. The van der Waals surface area contributed by atoms with Gasteiger partial charge < -0.3 is 5.73 Å². The third-order valence-corrected chi connectivity index (χ3v) is 3.74. The van der Waals surface area contributed by atoms with Gasteiger partial charge in [-0.3, -0.25) is 0 Å². The molecule has 0 radical (unpaired) electrons. The maximum atomic E-state index is 13.5. The average Bonchev–Trinajstić information content (AvgIpc) is 2.36. The molecule has 1 unspecified atom stereocenters. The predicted molar refractivity (Wildman–Crippen MR) is 64.6 cm³/mol. The third-order valence-electron chi connectivity index (χ3n) is 3.74. The highest BCUT2D eigenvalue weighted by Gasteiger charge is 2.22. The summed E-state index contributed by atoms with van der Waals surface area (Å²) in [4.78, 5) is 0. The summed E-state index contributed by atoms with van der Waals surface area (Å²) < 4.78 is 26.6. The van der Waals surface area contributed by atoms with Crippen molar-refractivity contribution < 1.29 is 8.78 Å². The molecule has 0 bridgehead atoms. The van der Waals surface area contributed by atoms with E-state index in [0.717, 1.165) is 18.9 Å². The van der Waals surface area contributed by atoms with Gasteiger partial charge in [-0.1, -0.05) is 31.4 Å². The highest BCUT2D eigenvalue weighted by Crippen LogP contribution is 2.27. The van der Waals surface area contributed by atoms with Crippen LogP contribution < -0.4 is 5.73 Å². The zero-order valence-electron chi connectivity index (χ0n) is 9.96. The molecule has 1 aromatic carbocycles. The van der Waals surface area contributed by atoms with Crippen LogP contribution in [-0.2, 0) is 6.42 Å². The minimum atomic E-state index is -0.779. The molecule has 0 heterocycles. The van der Waals surface area contributed by atoms with Crippen molar-refractivity contribution in [2.75, 3.05) is 0 Å². The minimum Gasteiger partial charge on any atom is -0.327 e. The molecular weight excluding hydrogens is 220 g/mol. The first-order valence-electron chi connectivity index (χ1n) is 6.37. The van der Waals surface area contributed by atoms with Crippen molar-refractivity contribution >= 4 is 0 Å². The fourth-order valence-electron chi connectivity index (χ4n) is 2.69. The van der Waals surface area contributed by atoms with Crippen LogP contribution in [0.5, 0.6) is 0 Å². The molecule has 1 atom stereocenters. The van der Waals surface area contributed by atoms with Gasteiger partial charge >= 0.3 is 0 Å². The molecule has 1 fully saturated rings. The number of nitrogens with two attached hydrogens (primary N) is 1. The summed E-state index contributed by atoms with van der Waals surface area (Å²) in [5.41, 5.74) is 6.52. The first-order valence-corrected chi connectivity index (χ1v) is 6.37. The molecule has 1 saturated carbocycles. The van der Waals surface area contributed by atoms with E-state index in [9.17, 15) is 8.78 Å². The van der Waals surface area contributed by atoms with E-state index >= 15 is 0 Å². The van der Waals surface area contributed by atoms with Crippen LogP contribution in [0.4, 0.5) is 8.78 Å². The number of rotatable bonds is 3. The second kappa shape index (κ2) is 5.58. The van der Waals surface area contributed by atoms with E-state index in [1.54, 1.807) is 12.1 Å². The average molecular weight is 239 g/mol. The second-order valence-electron chi connectivity index (χ2n) is 4.98. The van der Waals surface area contributed by atoms with Crippen molar-refractivity contribution in [3.8, 4) is 0 Å². The Morgan fingerprint density at radius 3 is 2.59 bits per heavy atom. The summed E-state index contributed by atoms with van der Waals surface area (Å²) >= 11 is 0. The third kappa shape index (κ3) is 3.03. The highest BCUT2D eigenvalue weighted by atomic mass is 19.2. The van der Waals surface area contributed by atoms with Crippen LogP contribution in [0.15, 0.2) is 18.2 Å². The smallest absolute Gasteiger partial charge is 0.162 e. The molecule has 0 amide bonds. The summed E-state index contributed by atoms with van der Waals surface area (Å²) in [5.74, 6) is -1.05. The van der Waals surface area contributed by atoms with Crippen molar-refractivity contribution in [3.63, 3.8) is 0 Å². The molecule has 1 aliphatic carbocycles. The molecule has 1 nitrogen and oxygen atoms in total. The lowest BCUT2D eigenvalue weighted by Gasteiger charge is -2.27. The topological polar surface area (TPSA) is 26.0 Å². The molecule has 0 saturated heterocycles. The maximum absolute atomic E-state index is 13.5. The fourth-order valence-corrected chi connectivity index (χ4v) is 2.69. The summed E-state index contributed by atoms with van der Waals surface area (Å²) in [5, 5.41) is 0. The Morgan fingerprint density at radius 1 is 1.18 bits per heavy atom. The number of benzene rings is 1. The van der Waals surface area contributed by atoms with Crippen LogP contribution in [0.3, 0.4) is 0 Å². The molecule has 1 aromatic rings. The molecule has 94 valence electrons. The van der Waals surface area contributed by atoms with E-state index < -0.39 is 11.6 Å². The van der Waals surface area contributed by atoms with Crippen LogP contribution in [0, 0.1) is 17.6 Å². The Balaban J connectivity index is 2.01. The molecule has 1 aliphatic rings. The molecule has 2 N–H and O–H groups in total. The first-order chi connectivity index (χ1) is 8.18. The molecular formula is C14H19F2N. The quantitative estimate of drug-likeness (QED) is 0.859. The Hall–Kier alpha value is -0.960. The Bertz CT molecular complexity index is 372. The van der Waals surface area contributed by atoms with Crippen molar-refractivity contribution in [2.24, 2.45) is 11.7 Å². The maximum Gasteiger partial charge on any atom is 0.162 e.